The highest BCUT2D eigenvalue weighted by Gasteiger charge is 2.32. The van der Waals surface area contributed by atoms with Gasteiger partial charge in [-0.25, -0.2) is 4.39 Å². The van der Waals surface area contributed by atoms with Gasteiger partial charge in [-0.3, -0.25) is 5.32 Å². The molecule has 0 aromatic carbocycles. The van der Waals surface area contributed by atoms with Crippen molar-refractivity contribution in [1.29, 1.82) is 0 Å². The Labute approximate surface area is 92.0 Å². The highest BCUT2D eigenvalue weighted by atomic mass is 19.1. The van der Waals surface area contributed by atoms with Crippen molar-refractivity contribution >= 4 is 0 Å². The van der Waals surface area contributed by atoms with Crippen molar-refractivity contribution in [2.24, 2.45) is 17.8 Å². The minimum atomic E-state index is -0.824. The topological polar surface area (TPSA) is 24.1 Å². The fourth-order valence-electron chi connectivity index (χ4n) is 2.73. The van der Waals surface area contributed by atoms with Crippen molar-refractivity contribution < 1.29 is 4.39 Å². The van der Waals surface area contributed by atoms with Crippen LogP contribution in [0.1, 0.15) is 39.5 Å². The predicted octanol–water partition coefficient (Wildman–Crippen LogP) is 2.26. The van der Waals surface area contributed by atoms with Gasteiger partial charge in [0, 0.05) is 12.5 Å². The Kier molecular flexibility index (Phi) is 3.62. The number of halogens is 1. The first-order valence-corrected chi connectivity index (χ1v) is 6.30. The van der Waals surface area contributed by atoms with E-state index in [1.807, 2.05) is 6.92 Å². The van der Waals surface area contributed by atoms with Crippen molar-refractivity contribution in [2.45, 2.75) is 52.0 Å². The fraction of sp³-hybridized carbons (Fsp3) is 1.00. The van der Waals surface area contributed by atoms with Crippen LogP contribution in [0.5, 0.6) is 0 Å². The first-order valence-electron chi connectivity index (χ1n) is 6.30. The van der Waals surface area contributed by atoms with Gasteiger partial charge in [0.05, 0.1) is 6.17 Å². The first kappa shape index (κ1) is 11.3. The summed E-state index contributed by atoms with van der Waals surface area (Å²) in [4.78, 5) is 0. The van der Waals surface area contributed by atoms with E-state index in [9.17, 15) is 4.39 Å². The lowest BCUT2D eigenvalue weighted by Gasteiger charge is -2.39. The Morgan fingerprint density at radius 1 is 1.07 bits per heavy atom. The Hall–Kier alpha value is -0.150. The van der Waals surface area contributed by atoms with Gasteiger partial charge in [0.15, 0.2) is 6.30 Å². The third-order valence-corrected chi connectivity index (χ3v) is 4.03. The molecule has 0 radical (unpaired) electrons. The second-order valence-electron chi connectivity index (χ2n) is 5.45. The molecule has 1 saturated carbocycles. The number of nitrogens with one attached hydrogen (secondary N) is 2. The summed E-state index contributed by atoms with van der Waals surface area (Å²) in [6, 6.07) is 0. The average Bonchev–Trinajstić information content (AvgIpc) is 2.23. The quantitative estimate of drug-likeness (QED) is 0.654. The first-order chi connectivity index (χ1) is 7.16. The molecule has 1 aliphatic heterocycles. The number of alkyl halides is 1. The zero-order valence-electron chi connectivity index (χ0n) is 9.80. The molecule has 2 fully saturated rings. The van der Waals surface area contributed by atoms with Gasteiger partial charge >= 0.3 is 0 Å². The molecule has 1 heterocycles. The Morgan fingerprint density at radius 3 is 2.33 bits per heavy atom. The van der Waals surface area contributed by atoms with Crippen LogP contribution in [0.3, 0.4) is 0 Å². The largest absolute Gasteiger partial charge is 0.301 e. The van der Waals surface area contributed by atoms with Crippen molar-refractivity contribution in [3.8, 4) is 0 Å². The highest BCUT2D eigenvalue weighted by molar-refractivity contribution is 4.85. The molecule has 15 heavy (non-hydrogen) atoms. The van der Waals surface area contributed by atoms with Gasteiger partial charge < -0.3 is 5.32 Å². The minimum absolute atomic E-state index is 0.101. The Morgan fingerprint density at radius 2 is 1.73 bits per heavy atom. The maximum atomic E-state index is 13.5. The molecule has 1 aliphatic carbocycles. The zero-order valence-corrected chi connectivity index (χ0v) is 9.80. The van der Waals surface area contributed by atoms with Gasteiger partial charge in [-0.05, 0) is 24.7 Å². The summed E-state index contributed by atoms with van der Waals surface area (Å²) in [6.07, 6.45) is 4.48. The van der Waals surface area contributed by atoms with Crippen LogP contribution in [0.2, 0.25) is 0 Å². The Bertz CT molecular complexity index is 202. The maximum Gasteiger partial charge on any atom is 0.156 e. The molecule has 3 atom stereocenters. The fourth-order valence-corrected chi connectivity index (χ4v) is 2.73. The average molecular weight is 214 g/mol. The van der Waals surface area contributed by atoms with Gasteiger partial charge in [0.1, 0.15) is 0 Å². The molecule has 3 heteroatoms. The van der Waals surface area contributed by atoms with Crippen LogP contribution in [0.4, 0.5) is 4.39 Å². The third-order valence-electron chi connectivity index (χ3n) is 4.03. The summed E-state index contributed by atoms with van der Waals surface area (Å²) in [6.45, 7) is 5.08. The van der Waals surface area contributed by atoms with Crippen LogP contribution in [0, 0.1) is 17.8 Å². The molecule has 0 spiro atoms. The number of hydrogen-bond acceptors (Lipinski definition) is 2. The SMILES string of the molecule is CC1CCC(C2NCC(C)C(F)N2)CC1. The summed E-state index contributed by atoms with van der Waals surface area (Å²) >= 11 is 0. The normalized spacial score (nSPS) is 47.8. The highest BCUT2D eigenvalue weighted by Crippen LogP contribution is 2.31. The predicted molar refractivity (Wildman–Crippen MR) is 60.1 cm³/mol. The molecule has 88 valence electrons. The summed E-state index contributed by atoms with van der Waals surface area (Å²) in [7, 11) is 0. The van der Waals surface area contributed by atoms with Crippen LogP contribution in [0.15, 0.2) is 0 Å². The standard InChI is InChI=1S/C12H23FN2/c1-8-3-5-10(6-4-8)12-14-7-9(2)11(13)15-12/h8-12,14-15H,3-7H2,1-2H3. The van der Waals surface area contributed by atoms with Crippen molar-refractivity contribution in [3.05, 3.63) is 0 Å². The molecule has 3 unspecified atom stereocenters. The van der Waals surface area contributed by atoms with E-state index in [1.165, 1.54) is 25.7 Å². The summed E-state index contributed by atoms with van der Waals surface area (Å²) in [5.74, 6) is 1.60. The lowest BCUT2D eigenvalue weighted by molar-refractivity contribution is 0.0780. The van der Waals surface area contributed by atoms with Gasteiger partial charge in [-0.2, -0.15) is 0 Å². The molecular formula is C12H23FN2. The van der Waals surface area contributed by atoms with Gasteiger partial charge in [0.25, 0.3) is 0 Å². The second kappa shape index (κ2) is 4.79. The maximum absolute atomic E-state index is 13.5. The van der Waals surface area contributed by atoms with Gasteiger partial charge in [0.2, 0.25) is 0 Å². The molecule has 2 N–H and O–H groups in total. The van der Waals surface area contributed by atoms with E-state index in [1.54, 1.807) is 0 Å². The van der Waals surface area contributed by atoms with E-state index in [-0.39, 0.29) is 12.1 Å². The van der Waals surface area contributed by atoms with Crippen molar-refractivity contribution in [2.75, 3.05) is 6.54 Å². The lowest BCUT2D eigenvalue weighted by Crippen LogP contribution is -2.59. The smallest absolute Gasteiger partial charge is 0.156 e. The van der Waals surface area contributed by atoms with Crippen LogP contribution in [-0.4, -0.2) is 19.0 Å². The summed E-state index contributed by atoms with van der Waals surface area (Å²) in [5, 5.41) is 6.51. The third kappa shape index (κ3) is 2.70. The van der Waals surface area contributed by atoms with Crippen molar-refractivity contribution in [3.63, 3.8) is 0 Å². The van der Waals surface area contributed by atoms with Crippen LogP contribution >= 0.6 is 0 Å². The molecule has 1 saturated heterocycles. The van der Waals surface area contributed by atoms with Gasteiger partial charge in [-0.1, -0.05) is 26.7 Å². The summed E-state index contributed by atoms with van der Waals surface area (Å²) in [5.41, 5.74) is 0. The van der Waals surface area contributed by atoms with E-state index in [0.29, 0.717) is 5.92 Å². The van der Waals surface area contributed by atoms with E-state index < -0.39 is 6.30 Å². The Balaban J connectivity index is 1.84. The van der Waals surface area contributed by atoms with E-state index in [0.717, 1.165) is 12.5 Å². The molecule has 0 aromatic rings. The number of hydrogen-bond donors (Lipinski definition) is 2. The second-order valence-corrected chi connectivity index (χ2v) is 5.45. The van der Waals surface area contributed by atoms with E-state index >= 15 is 0 Å². The lowest BCUT2D eigenvalue weighted by atomic mass is 9.81. The molecule has 0 amide bonds. The van der Waals surface area contributed by atoms with Gasteiger partial charge in [-0.15, -0.1) is 0 Å². The van der Waals surface area contributed by atoms with Crippen molar-refractivity contribution in [1.82, 2.24) is 10.6 Å². The number of rotatable bonds is 1. The molecule has 2 nitrogen and oxygen atoms in total. The minimum Gasteiger partial charge on any atom is -0.301 e. The molecule has 2 rings (SSSR count). The molecular weight excluding hydrogens is 191 g/mol. The van der Waals surface area contributed by atoms with E-state index in [4.69, 9.17) is 0 Å². The molecule has 0 aromatic heterocycles. The molecule has 0 bridgehead atoms. The van der Waals surface area contributed by atoms with E-state index in [2.05, 4.69) is 17.6 Å². The monoisotopic (exact) mass is 214 g/mol. The van der Waals surface area contributed by atoms with Crippen LogP contribution in [-0.2, 0) is 0 Å². The van der Waals surface area contributed by atoms with Crippen LogP contribution < -0.4 is 10.6 Å². The molecule has 2 aliphatic rings. The zero-order chi connectivity index (χ0) is 10.8. The summed E-state index contributed by atoms with van der Waals surface area (Å²) < 4.78 is 13.5. The van der Waals surface area contributed by atoms with Crippen LogP contribution in [0.25, 0.3) is 0 Å².